The van der Waals surface area contributed by atoms with E-state index in [1.165, 1.54) is 18.2 Å². The lowest BCUT2D eigenvalue weighted by Gasteiger charge is -2.60. The highest BCUT2D eigenvalue weighted by Gasteiger charge is 2.61. The van der Waals surface area contributed by atoms with Gasteiger partial charge in [0.1, 0.15) is 0 Å². The van der Waals surface area contributed by atoms with Gasteiger partial charge in [-0.15, -0.1) is 0 Å². The number of alkyl halides is 3. The summed E-state index contributed by atoms with van der Waals surface area (Å²) in [5.74, 6) is 0.766. The molecule has 0 bridgehead atoms. The molecule has 0 aromatic heterocycles. The fraction of sp³-hybridized carbons (Fsp3) is 0.630. The number of carbonyl (C=O) groups excluding carboxylic acids is 2. The van der Waals surface area contributed by atoms with Gasteiger partial charge in [-0.2, -0.15) is 13.2 Å². The van der Waals surface area contributed by atoms with E-state index in [1.807, 2.05) is 11.9 Å². The molecule has 0 radical (unpaired) electrons. The molecule has 4 aliphatic rings. The van der Waals surface area contributed by atoms with Crippen molar-refractivity contribution in [1.82, 2.24) is 4.90 Å². The summed E-state index contributed by atoms with van der Waals surface area (Å²) >= 11 is 0. The third-order valence-corrected chi connectivity index (χ3v) is 9.93. The van der Waals surface area contributed by atoms with Crippen LogP contribution in [0.15, 0.2) is 36.4 Å². The maximum atomic E-state index is 13.4. The molecule has 4 nitrogen and oxygen atoms in total. The topological polar surface area (TPSA) is 49.4 Å². The summed E-state index contributed by atoms with van der Waals surface area (Å²) in [5, 5.41) is 2.64. The zero-order valence-electron chi connectivity index (χ0n) is 20.0. The summed E-state index contributed by atoms with van der Waals surface area (Å²) in [6, 6.07) is 5.41. The Morgan fingerprint density at radius 3 is 2.53 bits per heavy atom. The molecule has 5 rings (SSSR count). The van der Waals surface area contributed by atoms with E-state index in [0.717, 1.165) is 38.2 Å². The Balaban J connectivity index is 1.38. The van der Waals surface area contributed by atoms with Crippen molar-refractivity contribution in [2.75, 3.05) is 12.4 Å². The number of rotatable bonds is 2. The number of likely N-dealkylation sites (N-methyl/N-ethyl adjacent to an activating group) is 1. The average molecular weight is 475 g/mol. The molecule has 1 aromatic rings. The number of nitrogens with one attached hydrogen (secondary N) is 1. The van der Waals surface area contributed by atoms with Crippen LogP contribution < -0.4 is 5.32 Å². The number of benzene rings is 1. The van der Waals surface area contributed by atoms with E-state index in [4.69, 9.17) is 0 Å². The number of carbonyl (C=O) groups is 2. The van der Waals surface area contributed by atoms with Gasteiger partial charge in [-0.25, -0.2) is 0 Å². The highest BCUT2D eigenvalue weighted by molar-refractivity contribution is 5.94. The van der Waals surface area contributed by atoms with Crippen LogP contribution in [0.1, 0.15) is 57.9 Å². The average Bonchev–Trinajstić information content (AvgIpc) is 3.13. The number of fused-ring (bicyclic) bond motifs is 5. The smallest absolute Gasteiger partial charge is 0.338 e. The van der Waals surface area contributed by atoms with Crippen LogP contribution in [0.25, 0.3) is 0 Å². The first kappa shape index (κ1) is 23.4. The lowest BCUT2D eigenvalue weighted by Crippen LogP contribution is -2.59. The summed E-state index contributed by atoms with van der Waals surface area (Å²) in [7, 11) is 1.90. The number of hydrogen-bond donors (Lipinski definition) is 1. The van der Waals surface area contributed by atoms with Gasteiger partial charge in [-0.3, -0.25) is 9.59 Å². The first-order valence-corrected chi connectivity index (χ1v) is 12.4. The highest BCUT2D eigenvalue weighted by Crippen LogP contribution is 2.65. The summed E-state index contributed by atoms with van der Waals surface area (Å²) in [4.78, 5) is 27.5. The van der Waals surface area contributed by atoms with Gasteiger partial charge in [0.15, 0.2) is 0 Å². The van der Waals surface area contributed by atoms with Crippen LogP contribution in [0.3, 0.4) is 0 Å². The van der Waals surface area contributed by atoms with E-state index < -0.39 is 11.7 Å². The predicted octanol–water partition coefficient (Wildman–Crippen LogP) is 5.90. The van der Waals surface area contributed by atoms with E-state index in [1.54, 1.807) is 6.08 Å². The number of amides is 2. The maximum Gasteiger partial charge on any atom is 0.418 e. The zero-order valence-corrected chi connectivity index (χ0v) is 20.0. The monoisotopic (exact) mass is 474 g/mol. The number of halogens is 3. The molecule has 184 valence electrons. The van der Waals surface area contributed by atoms with Gasteiger partial charge in [0, 0.05) is 24.4 Å². The molecule has 1 aromatic carbocycles. The normalized spacial score (nSPS) is 39.3. The van der Waals surface area contributed by atoms with Crippen LogP contribution in [0.4, 0.5) is 18.9 Å². The summed E-state index contributed by atoms with van der Waals surface area (Å²) < 4.78 is 40.3. The van der Waals surface area contributed by atoms with E-state index in [-0.39, 0.29) is 40.3 Å². The Morgan fingerprint density at radius 2 is 1.79 bits per heavy atom. The molecule has 1 heterocycles. The molecule has 0 spiro atoms. The van der Waals surface area contributed by atoms with Gasteiger partial charge >= 0.3 is 6.18 Å². The molecule has 3 fully saturated rings. The third-order valence-electron chi connectivity index (χ3n) is 9.93. The maximum absolute atomic E-state index is 13.4. The molecule has 34 heavy (non-hydrogen) atoms. The van der Waals surface area contributed by atoms with Gasteiger partial charge in [-0.1, -0.05) is 32.1 Å². The first-order valence-electron chi connectivity index (χ1n) is 12.4. The van der Waals surface area contributed by atoms with Gasteiger partial charge in [-0.05, 0) is 79.9 Å². The van der Waals surface area contributed by atoms with E-state index >= 15 is 0 Å². The van der Waals surface area contributed by atoms with Gasteiger partial charge in [0.25, 0.3) is 0 Å². The first-order chi connectivity index (χ1) is 16.0. The Hall–Kier alpha value is -2.31. The SMILES string of the molecule is CN1C(=O)C=C[C@]2(C)[C@H]3CC[C@]4(C)[C@H](C(=O)Nc5ccccc5C(F)(F)F)CC[C@H]4[C@@H]3CC[C@@H]12. The van der Waals surface area contributed by atoms with Crippen LogP contribution in [-0.4, -0.2) is 29.8 Å². The largest absolute Gasteiger partial charge is 0.418 e. The van der Waals surface area contributed by atoms with Crippen molar-refractivity contribution < 1.29 is 22.8 Å². The fourth-order valence-electron chi connectivity index (χ4n) is 8.23. The third kappa shape index (κ3) is 3.41. The number of hydrogen-bond acceptors (Lipinski definition) is 2. The Labute approximate surface area is 199 Å². The Bertz CT molecular complexity index is 1040. The van der Waals surface area contributed by atoms with Crippen LogP contribution in [0.2, 0.25) is 0 Å². The van der Waals surface area contributed by atoms with Crippen LogP contribution in [0, 0.1) is 34.5 Å². The van der Waals surface area contributed by atoms with Crippen molar-refractivity contribution >= 4 is 17.5 Å². The van der Waals surface area contributed by atoms with Gasteiger partial charge in [0.05, 0.1) is 11.3 Å². The molecule has 1 aliphatic heterocycles. The van der Waals surface area contributed by atoms with Crippen molar-refractivity contribution in [3.63, 3.8) is 0 Å². The predicted molar refractivity (Wildman–Crippen MR) is 124 cm³/mol. The molecule has 3 aliphatic carbocycles. The number of para-hydroxylation sites is 1. The van der Waals surface area contributed by atoms with Crippen LogP contribution in [0.5, 0.6) is 0 Å². The number of nitrogens with zero attached hydrogens (tertiary/aromatic N) is 1. The van der Waals surface area contributed by atoms with Gasteiger partial charge < -0.3 is 10.2 Å². The van der Waals surface area contributed by atoms with Crippen LogP contribution in [-0.2, 0) is 15.8 Å². The molecule has 7 atom stereocenters. The summed E-state index contributed by atoms with van der Waals surface area (Å²) in [6.07, 6.45) is 4.80. The lowest BCUT2D eigenvalue weighted by molar-refractivity contribution is -0.141. The van der Waals surface area contributed by atoms with E-state index in [0.29, 0.717) is 24.2 Å². The van der Waals surface area contributed by atoms with Crippen LogP contribution >= 0.6 is 0 Å². The van der Waals surface area contributed by atoms with E-state index in [9.17, 15) is 22.8 Å². The zero-order chi connectivity index (χ0) is 24.5. The molecular formula is C27H33F3N2O2. The molecule has 0 saturated heterocycles. The summed E-state index contributed by atoms with van der Waals surface area (Å²) in [5.41, 5.74) is -1.25. The molecule has 2 amide bonds. The standard InChI is InChI=1S/C27H33F3N2O2/c1-25-14-12-18-16(8-11-22-26(18,2)15-13-23(33)32(22)3)17(25)9-10-20(25)24(34)31-21-7-5-4-6-19(21)27(28,29)30/h4-7,13,15-18,20,22H,8-12,14H2,1-3H3,(H,31,34)/t16-,17-,18-,20-,22+,25-,26+/m0/s1. The van der Waals surface area contributed by atoms with Crippen molar-refractivity contribution in [3.8, 4) is 0 Å². The number of anilines is 1. The molecule has 3 saturated carbocycles. The molecule has 0 unspecified atom stereocenters. The van der Waals surface area contributed by atoms with Crippen molar-refractivity contribution in [3.05, 3.63) is 42.0 Å². The minimum absolute atomic E-state index is 0.0679. The van der Waals surface area contributed by atoms with E-state index in [2.05, 4.69) is 25.2 Å². The highest BCUT2D eigenvalue weighted by atomic mass is 19.4. The Kier molecular flexibility index (Phi) is 5.41. The van der Waals surface area contributed by atoms with Crippen molar-refractivity contribution in [2.45, 2.75) is 64.6 Å². The molecule has 1 N–H and O–H groups in total. The molecule has 7 heteroatoms. The second kappa shape index (κ2) is 7.85. The second-order valence-corrected chi connectivity index (χ2v) is 11.3. The minimum atomic E-state index is -4.51. The minimum Gasteiger partial charge on any atom is -0.338 e. The Morgan fingerprint density at radius 1 is 1.06 bits per heavy atom. The van der Waals surface area contributed by atoms with Crippen molar-refractivity contribution in [1.29, 1.82) is 0 Å². The van der Waals surface area contributed by atoms with Crippen molar-refractivity contribution in [2.24, 2.45) is 34.5 Å². The summed E-state index contributed by atoms with van der Waals surface area (Å²) in [6.45, 7) is 4.46. The molecular weight excluding hydrogens is 441 g/mol. The lowest BCUT2D eigenvalue weighted by atomic mass is 9.47. The second-order valence-electron chi connectivity index (χ2n) is 11.3. The fourth-order valence-corrected chi connectivity index (χ4v) is 8.23. The van der Waals surface area contributed by atoms with Gasteiger partial charge in [0.2, 0.25) is 11.8 Å². The quantitative estimate of drug-likeness (QED) is 0.580.